The van der Waals surface area contributed by atoms with Crippen LogP contribution in [0, 0.1) is 0 Å². The van der Waals surface area contributed by atoms with Crippen molar-refractivity contribution in [2.24, 2.45) is 0 Å². The molecule has 1 aromatic carbocycles. The van der Waals surface area contributed by atoms with Gasteiger partial charge in [0.15, 0.2) is 0 Å². The number of amides is 2. The van der Waals surface area contributed by atoms with Crippen LogP contribution < -0.4 is 5.32 Å². The summed E-state index contributed by atoms with van der Waals surface area (Å²) in [7, 11) is 1.51. The first-order valence-electron chi connectivity index (χ1n) is 7.25. The first-order chi connectivity index (χ1) is 9.97. The number of hydrogen-bond donors (Lipinski definition) is 2. The van der Waals surface area contributed by atoms with Crippen molar-refractivity contribution >= 4 is 12.0 Å². The standard InChI is InChI=1S/C16H24N2O3/c1-4-14(15(19)20)18(3)16(21)17-11-10-12(2)13-8-6-5-7-9-13/h5-9,12,14H,4,10-11H2,1-3H3,(H,17,21)(H,19,20). The van der Waals surface area contributed by atoms with Crippen LogP contribution in [0.2, 0.25) is 0 Å². The van der Waals surface area contributed by atoms with Gasteiger partial charge in [0.25, 0.3) is 0 Å². The van der Waals surface area contributed by atoms with Crippen LogP contribution in [0.15, 0.2) is 30.3 Å². The van der Waals surface area contributed by atoms with Crippen molar-refractivity contribution in [1.29, 1.82) is 0 Å². The lowest BCUT2D eigenvalue weighted by Crippen LogP contribution is -2.47. The van der Waals surface area contributed by atoms with Crippen LogP contribution in [-0.2, 0) is 4.79 Å². The Bertz CT molecular complexity index is 462. The molecule has 0 saturated heterocycles. The van der Waals surface area contributed by atoms with E-state index in [0.717, 1.165) is 6.42 Å². The number of carbonyl (C=O) groups excluding carboxylic acids is 1. The molecule has 21 heavy (non-hydrogen) atoms. The summed E-state index contributed by atoms with van der Waals surface area (Å²) < 4.78 is 0. The molecule has 0 aliphatic rings. The maximum Gasteiger partial charge on any atom is 0.326 e. The van der Waals surface area contributed by atoms with Crippen LogP contribution in [0.5, 0.6) is 0 Å². The molecule has 0 radical (unpaired) electrons. The van der Waals surface area contributed by atoms with Gasteiger partial charge in [-0.2, -0.15) is 0 Å². The van der Waals surface area contributed by atoms with Gasteiger partial charge in [0.05, 0.1) is 0 Å². The average molecular weight is 292 g/mol. The number of benzene rings is 1. The van der Waals surface area contributed by atoms with Gasteiger partial charge >= 0.3 is 12.0 Å². The SMILES string of the molecule is CCC(C(=O)O)N(C)C(=O)NCCC(C)c1ccccc1. The normalized spacial score (nSPS) is 13.3. The molecule has 1 rings (SSSR count). The molecule has 2 N–H and O–H groups in total. The molecule has 0 bridgehead atoms. The van der Waals surface area contributed by atoms with Crippen LogP contribution in [0.25, 0.3) is 0 Å². The number of nitrogens with zero attached hydrogens (tertiary/aromatic N) is 1. The molecule has 116 valence electrons. The highest BCUT2D eigenvalue weighted by atomic mass is 16.4. The monoisotopic (exact) mass is 292 g/mol. The molecule has 0 spiro atoms. The summed E-state index contributed by atoms with van der Waals surface area (Å²) in [4.78, 5) is 24.2. The molecule has 1 aromatic rings. The van der Waals surface area contributed by atoms with Crippen molar-refractivity contribution in [2.75, 3.05) is 13.6 Å². The third-order valence-corrected chi connectivity index (χ3v) is 3.68. The Morgan fingerprint density at radius 1 is 1.29 bits per heavy atom. The maximum atomic E-state index is 11.9. The molecular weight excluding hydrogens is 268 g/mol. The van der Waals surface area contributed by atoms with E-state index in [9.17, 15) is 9.59 Å². The maximum absolute atomic E-state index is 11.9. The topological polar surface area (TPSA) is 69.6 Å². The van der Waals surface area contributed by atoms with Crippen LogP contribution in [0.3, 0.4) is 0 Å². The second kappa shape index (κ2) is 8.29. The van der Waals surface area contributed by atoms with Gasteiger partial charge in [-0.25, -0.2) is 9.59 Å². The summed E-state index contributed by atoms with van der Waals surface area (Å²) in [5, 5.41) is 11.8. The van der Waals surface area contributed by atoms with Crippen LogP contribution >= 0.6 is 0 Å². The minimum absolute atomic E-state index is 0.343. The Morgan fingerprint density at radius 3 is 2.43 bits per heavy atom. The highest BCUT2D eigenvalue weighted by Crippen LogP contribution is 2.17. The van der Waals surface area contributed by atoms with Crippen molar-refractivity contribution < 1.29 is 14.7 Å². The fourth-order valence-corrected chi connectivity index (χ4v) is 2.22. The zero-order valence-corrected chi connectivity index (χ0v) is 12.9. The lowest BCUT2D eigenvalue weighted by atomic mass is 9.98. The van der Waals surface area contributed by atoms with Crippen molar-refractivity contribution in [3.05, 3.63) is 35.9 Å². The van der Waals surface area contributed by atoms with E-state index in [4.69, 9.17) is 5.11 Å². The Kier molecular flexibility index (Phi) is 6.72. The van der Waals surface area contributed by atoms with Crippen LogP contribution in [0.1, 0.15) is 38.2 Å². The van der Waals surface area contributed by atoms with E-state index in [1.807, 2.05) is 18.2 Å². The molecule has 0 saturated carbocycles. The van der Waals surface area contributed by atoms with Gasteiger partial charge in [-0.3, -0.25) is 0 Å². The summed E-state index contributed by atoms with van der Waals surface area (Å²) in [6.45, 7) is 4.38. The lowest BCUT2D eigenvalue weighted by Gasteiger charge is -2.24. The minimum atomic E-state index is -0.979. The quantitative estimate of drug-likeness (QED) is 0.811. The average Bonchev–Trinajstić information content (AvgIpc) is 2.48. The van der Waals surface area contributed by atoms with E-state index in [1.54, 1.807) is 6.92 Å². The predicted molar refractivity (Wildman–Crippen MR) is 82.4 cm³/mol. The van der Waals surface area contributed by atoms with E-state index in [-0.39, 0.29) is 6.03 Å². The summed E-state index contributed by atoms with van der Waals surface area (Å²) in [6.07, 6.45) is 1.20. The van der Waals surface area contributed by atoms with Gasteiger partial charge in [-0.1, -0.05) is 44.2 Å². The fourth-order valence-electron chi connectivity index (χ4n) is 2.22. The molecule has 0 aliphatic carbocycles. The van der Waals surface area contributed by atoms with Crippen molar-refractivity contribution in [3.63, 3.8) is 0 Å². The molecule has 0 heterocycles. The van der Waals surface area contributed by atoms with Crippen molar-refractivity contribution in [1.82, 2.24) is 10.2 Å². The minimum Gasteiger partial charge on any atom is -0.480 e. The van der Waals surface area contributed by atoms with Gasteiger partial charge < -0.3 is 15.3 Å². The van der Waals surface area contributed by atoms with E-state index >= 15 is 0 Å². The predicted octanol–water partition coefficient (Wildman–Crippen LogP) is 2.68. The number of carbonyl (C=O) groups is 2. The van der Waals surface area contributed by atoms with E-state index in [0.29, 0.717) is 18.9 Å². The summed E-state index contributed by atoms with van der Waals surface area (Å²) in [6, 6.07) is 8.98. The summed E-state index contributed by atoms with van der Waals surface area (Å²) in [5.74, 6) is -0.633. The number of hydrogen-bond acceptors (Lipinski definition) is 2. The van der Waals surface area contributed by atoms with E-state index < -0.39 is 12.0 Å². The van der Waals surface area contributed by atoms with Gasteiger partial charge in [0.2, 0.25) is 0 Å². The Labute approximate surface area is 126 Å². The number of nitrogens with one attached hydrogen (secondary N) is 1. The zero-order chi connectivity index (χ0) is 15.8. The molecule has 5 nitrogen and oxygen atoms in total. The number of likely N-dealkylation sites (N-methyl/N-ethyl adjacent to an activating group) is 1. The number of urea groups is 1. The first kappa shape index (κ1) is 17.0. The van der Waals surface area contributed by atoms with Crippen LogP contribution in [-0.4, -0.2) is 41.6 Å². The third-order valence-electron chi connectivity index (χ3n) is 3.68. The molecule has 0 fully saturated rings. The second-order valence-corrected chi connectivity index (χ2v) is 5.21. The Hall–Kier alpha value is -2.04. The Balaban J connectivity index is 2.41. The molecule has 2 unspecified atom stereocenters. The van der Waals surface area contributed by atoms with Gasteiger partial charge in [0, 0.05) is 13.6 Å². The summed E-state index contributed by atoms with van der Waals surface area (Å²) >= 11 is 0. The van der Waals surface area contributed by atoms with Crippen molar-refractivity contribution in [3.8, 4) is 0 Å². The van der Waals surface area contributed by atoms with Gasteiger partial charge in [0.1, 0.15) is 6.04 Å². The second-order valence-electron chi connectivity index (χ2n) is 5.21. The molecule has 2 amide bonds. The van der Waals surface area contributed by atoms with Crippen molar-refractivity contribution in [2.45, 2.75) is 38.6 Å². The fraction of sp³-hybridized carbons (Fsp3) is 0.500. The number of carboxylic acids is 1. The number of carboxylic acid groups (broad SMARTS) is 1. The number of rotatable bonds is 7. The van der Waals surface area contributed by atoms with Gasteiger partial charge in [-0.05, 0) is 24.3 Å². The smallest absolute Gasteiger partial charge is 0.326 e. The highest BCUT2D eigenvalue weighted by molar-refractivity contribution is 5.82. The number of aliphatic carboxylic acids is 1. The summed E-state index contributed by atoms with van der Waals surface area (Å²) in [5.41, 5.74) is 1.23. The molecule has 0 aromatic heterocycles. The molecule has 2 atom stereocenters. The largest absolute Gasteiger partial charge is 0.480 e. The molecule has 0 aliphatic heterocycles. The van der Waals surface area contributed by atoms with E-state index in [2.05, 4.69) is 24.4 Å². The first-order valence-corrected chi connectivity index (χ1v) is 7.25. The molecular formula is C16H24N2O3. The van der Waals surface area contributed by atoms with Gasteiger partial charge in [-0.15, -0.1) is 0 Å². The van der Waals surface area contributed by atoms with Crippen LogP contribution in [0.4, 0.5) is 4.79 Å². The highest BCUT2D eigenvalue weighted by Gasteiger charge is 2.24. The molecule has 5 heteroatoms. The third kappa shape index (κ3) is 5.10. The zero-order valence-electron chi connectivity index (χ0n) is 12.9. The Morgan fingerprint density at radius 2 is 1.90 bits per heavy atom. The van der Waals surface area contributed by atoms with E-state index in [1.165, 1.54) is 17.5 Å². The lowest BCUT2D eigenvalue weighted by molar-refractivity contribution is -0.141.